The van der Waals surface area contributed by atoms with Crippen LogP contribution in [0.1, 0.15) is 52.4 Å². The van der Waals surface area contributed by atoms with Crippen molar-refractivity contribution in [3.05, 3.63) is 0 Å². The lowest BCUT2D eigenvalue weighted by atomic mass is 9.87. The number of hydrogen-bond acceptors (Lipinski definition) is 2. The lowest BCUT2D eigenvalue weighted by Gasteiger charge is -2.36. The Kier molecular flexibility index (Phi) is 4.23. The smallest absolute Gasteiger partial charge is 0.00486 e. The van der Waals surface area contributed by atoms with Crippen molar-refractivity contribution < 1.29 is 0 Å². The van der Waals surface area contributed by atoms with E-state index in [2.05, 4.69) is 31.4 Å². The maximum Gasteiger partial charge on any atom is 0.00486 e. The summed E-state index contributed by atoms with van der Waals surface area (Å²) in [5.74, 6) is 2.10. The Bertz CT molecular complexity index is 217. The summed E-state index contributed by atoms with van der Waals surface area (Å²) in [5.41, 5.74) is 0.544. The molecule has 2 heteroatoms. The Morgan fingerprint density at radius 3 is 2.31 bits per heavy atom. The Hall–Kier alpha value is 0.310. The molecular weight excluding hydrogens is 214 g/mol. The predicted octanol–water partition coefficient (Wildman–Crippen LogP) is 3.60. The fourth-order valence-corrected chi connectivity index (χ4v) is 3.43. The Labute approximate surface area is 106 Å². The molecule has 94 valence electrons. The summed E-state index contributed by atoms with van der Waals surface area (Å²) < 4.78 is 0. The highest BCUT2D eigenvalue weighted by Gasteiger charge is 2.36. The molecule has 0 heterocycles. The van der Waals surface area contributed by atoms with Crippen LogP contribution in [0.4, 0.5) is 0 Å². The van der Waals surface area contributed by atoms with Gasteiger partial charge in [-0.05, 0) is 56.6 Å². The van der Waals surface area contributed by atoms with Gasteiger partial charge in [0.05, 0.1) is 0 Å². The topological polar surface area (TPSA) is 3.24 Å². The van der Waals surface area contributed by atoms with Gasteiger partial charge in [-0.25, -0.2) is 0 Å². The average Bonchev–Trinajstić information content (AvgIpc) is 2.95. The van der Waals surface area contributed by atoms with E-state index in [9.17, 15) is 0 Å². The molecule has 0 spiro atoms. The molecule has 2 fully saturated rings. The predicted molar refractivity (Wildman–Crippen MR) is 74.2 cm³/mol. The van der Waals surface area contributed by atoms with Crippen LogP contribution < -0.4 is 0 Å². The standard InChI is InChI=1S/C14H27NS/c1-12(2)15(9-13-5-6-13)10-14(11-16)7-3-4-8-14/h12-13,16H,3-11H2,1-2H3. The van der Waals surface area contributed by atoms with E-state index in [1.54, 1.807) is 0 Å². The molecule has 2 rings (SSSR count). The maximum absolute atomic E-state index is 4.62. The first-order valence-corrected chi connectivity index (χ1v) is 7.63. The molecule has 0 bridgehead atoms. The van der Waals surface area contributed by atoms with Gasteiger partial charge < -0.3 is 4.90 Å². The molecule has 2 aliphatic carbocycles. The summed E-state index contributed by atoms with van der Waals surface area (Å²) in [6, 6.07) is 0.706. The second-order valence-corrected chi connectivity index (χ2v) is 6.65. The third-order valence-electron chi connectivity index (χ3n) is 4.46. The van der Waals surface area contributed by atoms with Crippen LogP contribution in [0.15, 0.2) is 0 Å². The summed E-state index contributed by atoms with van der Waals surface area (Å²) in [4.78, 5) is 2.72. The molecule has 0 unspecified atom stereocenters. The van der Waals surface area contributed by atoms with Crippen LogP contribution in [0.2, 0.25) is 0 Å². The molecule has 0 saturated heterocycles. The van der Waals surface area contributed by atoms with Crippen molar-refractivity contribution in [3.8, 4) is 0 Å². The van der Waals surface area contributed by atoms with E-state index < -0.39 is 0 Å². The molecule has 0 amide bonds. The number of hydrogen-bond donors (Lipinski definition) is 1. The highest BCUT2D eigenvalue weighted by atomic mass is 32.1. The van der Waals surface area contributed by atoms with E-state index >= 15 is 0 Å². The van der Waals surface area contributed by atoms with Gasteiger partial charge in [0.2, 0.25) is 0 Å². The van der Waals surface area contributed by atoms with Crippen molar-refractivity contribution in [2.45, 2.75) is 58.4 Å². The minimum absolute atomic E-state index is 0.544. The molecule has 0 aromatic carbocycles. The molecule has 0 aliphatic heterocycles. The zero-order valence-electron chi connectivity index (χ0n) is 10.9. The molecule has 2 saturated carbocycles. The zero-order chi connectivity index (χ0) is 11.6. The van der Waals surface area contributed by atoms with Gasteiger partial charge >= 0.3 is 0 Å². The van der Waals surface area contributed by atoms with Crippen LogP contribution in [0.3, 0.4) is 0 Å². The molecule has 0 aromatic rings. The fourth-order valence-electron chi connectivity index (χ4n) is 3.01. The highest BCUT2D eigenvalue weighted by Crippen LogP contribution is 2.41. The van der Waals surface area contributed by atoms with Crippen molar-refractivity contribution in [3.63, 3.8) is 0 Å². The van der Waals surface area contributed by atoms with Gasteiger partial charge in [-0.15, -0.1) is 0 Å². The monoisotopic (exact) mass is 241 g/mol. The van der Waals surface area contributed by atoms with Gasteiger partial charge in [0.25, 0.3) is 0 Å². The van der Waals surface area contributed by atoms with Crippen molar-refractivity contribution >= 4 is 12.6 Å². The number of thiol groups is 1. The minimum atomic E-state index is 0.544. The lowest BCUT2D eigenvalue weighted by molar-refractivity contribution is 0.134. The first-order valence-electron chi connectivity index (χ1n) is 7.00. The normalized spacial score (nSPS) is 24.6. The quantitative estimate of drug-likeness (QED) is 0.696. The van der Waals surface area contributed by atoms with E-state index in [4.69, 9.17) is 0 Å². The molecule has 0 N–H and O–H groups in total. The molecule has 0 atom stereocenters. The lowest BCUT2D eigenvalue weighted by Crippen LogP contribution is -2.42. The fraction of sp³-hybridized carbons (Fsp3) is 1.00. The van der Waals surface area contributed by atoms with Crippen molar-refractivity contribution in [1.82, 2.24) is 4.90 Å². The second kappa shape index (κ2) is 5.30. The van der Waals surface area contributed by atoms with Crippen LogP contribution in [-0.4, -0.2) is 29.8 Å². The summed E-state index contributed by atoms with van der Waals surface area (Å²) in [6.07, 6.45) is 8.61. The van der Waals surface area contributed by atoms with Crippen molar-refractivity contribution in [2.75, 3.05) is 18.8 Å². The van der Waals surface area contributed by atoms with Gasteiger partial charge in [-0.1, -0.05) is 12.8 Å². The number of nitrogens with zero attached hydrogens (tertiary/aromatic N) is 1. The third-order valence-corrected chi connectivity index (χ3v) is 5.13. The Morgan fingerprint density at radius 1 is 1.25 bits per heavy atom. The molecule has 2 aliphatic rings. The van der Waals surface area contributed by atoms with Crippen molar-refractivity contribution in [2.24, 2.45) is 11.3 Å². The van der Waals surface area contributed by atoms with Crippen LogP contribution in [0, 0.1) is 11.3 Å². The van der Waals surface area contributed by atoms with E-state index in [0.29, 0.717) is 11.5 Å². The van der Waals surface area contributed by atoms with Crippen LogP contribution in [-0.2, 0) is 0 Å². The van der Waals surface area contributed by atoms with Crippen molar-refractivity contribution in [1.29, 1.82) is 0 Å². The van der Waals surface area contributed by atoms with E-state index in [-0.39, 0.29) is 0 Å². The van der Waals surface area contributed by atoms with Gasteiger partial charge in [0.15, 0.2) is 0 Å². The van der Waals surface area contributed by atoms with Crippen LogP contribution in [0.5, 0.6) is 0 Å². The van der Waals surface area contributed by atoms with E-state index in [1.807, 2.05) is 0 Å². The Morgan fingerprint density at radius 2 is 1.88 bits per heavy atom. The highest BCUT2D eigenvalue weighted by molar-refractivity contribution is 7.80. The average molecular weight is 241 g/mol. The summed E-state index contributed by atoms with van der Waals surface area (Å²) >= 11 is 4.62. The van der Waals surface area contributed by atoms with E-state index in [1.165, 1.54) is 51.6 Å². The zero-order valence-corrected chi connectivity index (χ0v) is 11.8. The summed E-state index contributed by atoms with van der Waals surface area (Å²) in [7, 11) is 0. The number of rotatable bonds is 6. The Balaban J connectivity index is 1.91. The van der Waals surface area contributed by atoms with Gasteiger partial charge in [0, 0.05) is 19.1 Å². The SMILES string of the molecule is CC(C)N(CC1CC1)CC1(CS)CCCC1. The molecule has 1 nitrogen and oxygen atoms in total. The van der Waals surface area contributed by atoms with Crippen LogP contribution in [0.25, 0.3) is 0 Å². The van der Waals surface area contributed by atoms with Gasteiger partial charge in [0.1, 0.15) is 0 Å². The molecular formula is C14H27NS. The second-order valence-electron chi connectivity index (χ2n) is 6.33. The minimum Gasteiger partial charge on any atom is -0.300 e. The van der Waals surface area contributed by atoms with Gasteiger partial charge in [-0.2, -0.15) is 12.6 Å². The summed E-state index contributed by atoms with van der Waals surface area (Å²) in [5, 5.41) is 0. The maximum atomic E-state index is 4.62. The first-order chi connectivity index (χ1) is 7.65. The van der Waals surface area contributed by atoms with Gasteiger partial charge in [-0.3, -0.25) is 0 Å². The molecule has 0 radical (unpaired) electrons. The first kappa shape index (κ1) is 12.8. The molecule has 0 aromatic heterocycles. The largest absolute Gasteiger partial charge is 0.300 e. The summed E-state index contributed by atoms with van der Waals surface area (Å²) in [6.45, 7) is 7.34. The van der Waals surface area contributed by atoms with E-state index in [0.717, 1.165) is 11.7 Å². The molecule has 16 heavy (non-hydrogen) atoms. The third kappa shape index (κ3) is 3.16. The van der Waals surface area contributed by atoms with Crippen LogP contribution >= 0.6 is 12.6 Å².